The maximum absolute atomic E-state index is 5.93. The van der Waals surface area contributed by atoms with Crippen LogP contribution in [0.4, 0.5) is 0 Å². The molecule has 1 unspecified atom stereocenters. The van der Waals surface area contributed by atoms with Gasteiger partial charge in [-0.05, 0) is 17.5 Å². The van der Waals surface area contributed by atoms with Gasteiger partial charge in [0.15, 0.2) is 0 Å². The minimum Gasteiger partial charge on any atom is -0.329 e. The summed E-state index contributed by atoms with van der Waals surface area (Å²) in [7, 11) is 1.89. The SMILES string of the molecule is Cn1cc(CN2Cc3ccccc3CC2CN)nn1. The molecular formula is C14H19N5. The van der Waals surface area contributed by atoms with E-state index in [2.05, 4.69) is 39.5 Å². The van der Waals surface area contributed by atoms with Gasteiger partial charge in [-0.15, -0.1) is 5.10 Å². The molecule has 0 saturated heterocycles. The summed E-state index contributed by atoms with van der Waals surface area (Å²) < 4.78 is 1.74. The van der Waals surface area contributed by atoms with Crippen molar-refractivity contribution in [1.29, 1.82) is 0 Å². The highest BCUT2D eigenvalue weighted by atomic mass is 15.4. The molecule has 5 heteroatoms. The van der Waals surface area contributed by atoms with Crippen molar-refractivity contribution in [2.24, 2.45) is 12.8 Å². The van der Waals surface area contributed by atoms with Crippen LogP contribution in [-0.4, -0.2) is 32.5 Å². The van der Waals surface area contributed by atoms with Gasteiger partial charge in [0.05, 0.1) is 5.69 Å². The fourth-order valence-corrected chi connectivity index (χ4v) is 2.73. The lowest BCUT2D eigenvalue weighted by molar-refractivity contribution is 0.165. The van der Waals surface area contributed by atoms with Crippen LogP contribution in [0.1, 0.15) is 16.8 Å². The molecule has 5 nitrogen and oxygen atoms in total. The fraction of sp³-hybridized carbons (Fsp3) is 0.429. The predicted molar refractivity (Wildman–Crippen MR) is 73.2 cm³/mol. The van der Waals surface area contributed by atoms with Gasteiger partial charge in [-0.1, -0.05) is 29.5 Å². The van der Waals surface area contributed by atoms with Crippen LogP contribution in [0.25, 0.3) is 0 Å². The van der Waals surface area contributed by atoms with Crippen LogP contribution in [0.2, 0.25) is 0 Å². The van der Waals surface area contributed by atoms with Crippen molar-refractivity contribution in [3.05, 3.63) is 47.3 Å². The molecule has 0 aliphatic carbocycles. The van der Waals surface area contributed by atoms with Crippen molar-refractivity contribution >= 4 is 0 Å². The van der Waals surface area contributed by atoms with Crippen molar-refractivity contribution in [1.82, 2.24) is 19.9 Å². The standard InChI is InChI=1S/C14H19N5/c1-18-9-13(16-17-18)10-19-8-12-5-3-2-4-11(12)6-14(19)7-15/h2-5,9,14H,6-8,10,15H2,1H3. The minimum absolute atomic E-state index is 0.386. The summed E-state index contributed by atoms with van der Waals surface area (Å²) >= 11 is 0. The van der Waals surface area contributed by atoms with Crippen molar-refractivity contribution in [3.8, 4) is 0 Å². The first-order valence-corrected chi connectivity index (χ1v) is 6.62. The number of aryl methyl sites for hydroxylation is 1. The van der Waals surface area contributed by atoms with Crippen LogP contribution in [0.3, 0.4) is 0 Å². The topological polar surface area (TPSA) is 60.0 Å². The maximum atomic E-state index is 5.93. The first-order chi connectivity index (χ1) is 9.26. The van der Waals surface area contributed by atoms with Crippen LogP contribution in [0.5, 0.6) is 0 Å². The summed E-state index contributed by atoms with van der Waals surface area (Å²) in [4.78, 5) is 2.40. The van der Waals surface area contributed by atoms with E-state index in [0.717, 1.165) is 25.2 Å². The largest absolute Gasteiger partial charge is 0.329 e. The van der Waals surface area contributed by atoms with Crippen molar-refractivity contribution in [2.75, 3.05) is 6.54 Å². The first kappa shape index (κ1) is 12.3. The van der Waals surface area contributed by atoms with E-state index in [1.54, 1.807) is 4.68 Å². The zero-order valence-corrected chi connectivity index (χ0v) is 11.2. The molecule has 0 bridgehead atoms. The number of benzene rings is 1. The van der Waals surface area contributed by atoms with Crippen LogP contribution in [0, 0.1) is 0 Å². The Morgan fingerprint density at radius 2 is 2.11 bits per heavy atom. The zero-order valence-electron chi connectivity index (χ0n) is 11.2. The fourth-order valence-electron chi connectivity index (χ4n) is 2.73. The van der Waals surface area contributed by atoms with Gasteiger partial charge in [0.25, 0.3) is 0 Å². The number of fused-ring (bicyclic) bond motifs is 1. The van der Waals surface area contributed by atoms with E-state index in [0.29, 0.717) is 12.6 Å². The molecule has 19 heavy (non-hydrogen) atoms. The lowest BCUT2D eigenvalue weighted by atomic mass is 9.94. The molecule has 0 radical (unpaired) electrons. The third-order valence-electron chi connectivity index (χ3n) is 3.75. The molecule has 0 spiro atoms. The molecule has 2 N–H and O–H groups in total. The van der Waals surface area contributed by atoms with E-state index >= 15 is 0 Å². The second-order valence-electron chi connectivity index (χ2n) is 5.15. The number of rotatable bonds is 3. The molecule has 1 aromatic heterocycles. The Morgan fingerprint density at radius 1 is 1.32 bits per heavy atom. The number of aromatic nitrogens is 3. The third kappa shape index (κ3) is 2.52. The van der Waals surface area contributed by atoms with E-state index in [4.69, 9.17) is 5.73 Å². The summed E-state index contributed by atoms with van der Waals surface area (Å²) in [6.45, 7) is 2.42. The summed E-state index contributed by atoms with van der Waals surface area (Å²) in [6, 6.07) is 8.99. The Kier molecular flexibility index (Phi) is 3.31. The van der Waals surface area contributed by atoms with E-state index in [9.17, 15) is 0 Å². The van der Waals surface area contributed by atoms with E-state index < -0.39 is 0 Å². The zero-order chi connectivity index (χ0) is 13.2. The summed E-state index contributed by atoms with van der Waals surface area (Å²) in [5.41, 5.74) is 9.75. The van der Waals surface area contributed by atoms with E-state index in [1.807, 2.05) is 13.2 Å². The maximum Gasteiger partial charge on any atom is 0.0967 e. The van der Waals surface area contributed by atoms with Gasteiger partial charge in [0.2, 0.25) is 0 Å². The van der Waals surface area contributed by atoms with Gasteiger partial charge in [-0.25, -0.2) is 0 Å². The highest BCUT2D eigenvalue weighted by Crippen LogP contribution is 2.23. The van der Waals surface area contributed by atoms with Crippen molar-refractivity contribution in [3.63, 3.8) is 0 Å². The van der Waals surface area contributed by atoms with Crippen molar-refractivity contribution in [2.45, 2.75) is 25.6 Å². The average Bonchev–Trinajstić information content (AvgIpc) is 2.83. The average molecular weight is 257 g/mol. The molecular weight excluding hydrogens is 238 g/mol. The van der Waals surface area contributed by atoms with Gasteiger partial charge >= 0.3 is 0 Å². The molecule has 0 fully saturated rings. The first-order valence-electron chi connectivity index (χ1n) is 6.62. The predicted octanol–water partition coefficient (Wildman–Crippen LogP) is 0.701. The molecule has 1 aromatic carbocycles. The Labute approximate surface area is 113 Å². The Bertz CT molecular complexity index is 562. The second kappa shape index (κ2) is 5.11. The lowest BCUT2D eigenvalue weighted by Gasteiger charge is -2.35. The normalized spacial score (nSPS) is 19.4. The second-order valence-corrected chi connectivity index (χ2v) is 5.15. The van der Waals surface area contributed by atoms with Crippen LogP contribution in [0.15, 0.2) is 30.5 Å². The van der Waals surface area contributed by atoms with Crippen LogP contribution >= 0.6 is 0 Å². The molecule has 1 atom stereocenters. The lowest BCUT2D eigenvalue weighted by Crippen LogP contribution is -2.44. The Morgan fingerprint density at radius 3 is 2.79 bits per heavy atom. The number of nitrogens with two attached hydrogens (primary N) is 1. The van der Waals surface area contributed by atoms with Crippen LogP contribution in [-0.2, 0) is 26.6 Å². The highest BCUT2D eigenvalue weighted by molar-refractivity contribution is 5.30. The van der Waals surface area contributed by atoms with Gasteiger partial charge in [-0.3, -0.25) is 9.58 Å². The quantitative estimate of drug-likeness (QED) is 0.879. The molecule has 2 aromatic rings. The van der Waals surface area contributed by atoms with Gasteiger partial charge in [0.1, 0.15) is 0 Å². The molecule has 1 aliphatic heterocycles. The highest BCUT2D eigenvalue weighted by Gasteiger charge is 2.25. The summed E-state index contributed by atoms with van der Waals surface area (Å²) in [5.74, 6) is 0. The monoisotopic (exact) mass is 257 g/mol. The third-order valence-corrected chi connectivity index (χ3v) is 3.75. The smallest absolute Gasteiger partial charge is 0.0967 e. The molecule has 3 rings (SSSR count). The minimum atomic E-state index is 0.386. The molecule has 100 valence electrons. The molecule has 1 aliphatic rings. The van der Waals surface area contributed by atoms with E-state index in [-0.39, 0.29) is 0 Å². The molecule has 0 saturated carbocycles. The van der Waals surface area contributed by atoms with Gasteiger partial charge in [0, 0.05) is 38.9 Å². The number of hydrogen-bond acceptors (Lipinski definition) is 4. The van der Waals surface area contributed by atoms with Crippen molar-refractivity contribution < 1.29 is 0 Å². The van der Waals surface area contributed by atoms with Gasteiger partial charge in [-0.2, -0.15) is 0 Å². The Hall–Kier alpha value is -1.72. The van der Waals surface area contributed by atoms with E-state index in [1.165, 1.54) is 11.1 Å². The summed E-state index contributed by atoms with van der Waals surface area (Å²) in [6.07, 6.45) is 2.99. The number of nitrogens with zero attached hydrogens (tertiary/aromatic N) is 4. The number of hydrogen-bond donors (Lipinski definition) is 1. The summed E-state index contributed by atoms with van der Waals surface area (Å²) in [5, 5.41) is 8.15. The van der Waals surface area contributed by atoms with Gasteiger partial charge < -0.3 is 5.73 Å². The molecule has 2 heterocycles. The Balaban J connectivity index is 1.81. The molecule has 0 amide bonds. The van der Waals surface area contributed by atoms with Crippen LogP contribution < -0.4 is 5.73 Å².